The Kier molecular flexibility index (Phi) is 7.04. The molecule has 12 heavy (non-hydrogen) atoms. The first-order valence-electron chi connectivity index (χ1n) is 4.28. The Bertz CT molecular complexity index is 139. The molecule has 0 aliphatic heterocycles. The third-order valence-electron chi connectivity index (χ3n) is 1.38. The normalized spacial score (nSPS) is 10.2. The number of hydrogen-bond acceptors (Lipinski definition) is 2. The van der Waals surface area contributed by atoms with Crippen molar-refractivity contribution in [2.24, 2.45) is 0 Å². The van der Waals surface area contributed by atoms with Crippen molar-refractivity contribution in [2.45, 2.75) is 20.3 Å². The van der Waals surface area contributed by atoms with Crippen LogP contribution in [0.1, 0.15) is 20.3 Å². The maximum atomic E-state index is 5.47. The van der Waals surface area contributed by atoms with Crippen LogP contribution in [-0.2, 0) is 8.85 Å². The van der Waals surface area contributed by atoms with Crippen LogP contribution < -0.4 is 0 Å². The molecule has 0 aromatic heterocycles. The summed E-state index contributed by atoms with van der Waals surface area (Å²) < 4.78 is 10.9. The van der Waals surface area contributed by atoms with Gasteiger partial charge in [0.05, 0.1) is 0 Å². The van der Waals surface area contributed by atoms with Crippen LogP contribution in [0, 0.1) is 0 Å². The molecule has 0 aliphatic carbocycles. The summed E-state index contributed by atoms with van der Waals surface area (Å²) in [5.74, 6) is 0. The predicted molar refractivity (Wildman–Crippen MR) is 54.4 cm³/mol. The van der Waals surface area contributed by atoms with E-state index in [0.717, 1.165) is 11.6 Å². The van der Waals surface area contributed by atoms with Gasteiger partial charge in [-0.25, -0.2) is 0 Å². The van der Waals surface area contributed by atoms with E-state index in [4.69, 9.17) is 8.85 Å². The fourth-order valence-corrected chi connectivity index (χ4v) is 2.40. The molecule has 0 fully saturated rings. The summed E-state index contributed by atoms with van der Waals surface area (Å²) in [6.07, 6.45) is 2.64. The van der Waals surface area contributed by atoms with Crippen LogP contribution in [0.5, 0.6) is 0 Å². The third-order valence-corrected chi connectivity index (χ3v) is 3.55. The molecular weight excluding hydrogens is 168 g/mol. The summed E-state index contributed by atoms with van der Waals surface area (Å²) in [6, 6.07) is 0. The van der Waals surface area contributed by atoms with Crippen LogP contribution in [0.15, 0.2) is 24.4 Å². The van der Waals surface area contributed by atoms with Crippen molar-refractivity contribution in [3.05, 3.63) is 24.4 Å². The van der Waals surface area contributed by atoms with Gasteiger partial charge in [-0.15, -0.1) is 6.58 Å². The highest BCUT2D eigenvalue weighted by atomic mass is 28.3. The lowest BCUT2D eigenvalue weighted by molar-refractivity contribution is 0.221. The molecule has 0 saturated carbocycles. The minimum absolute atomic E-state index is 0.701. The second-order valence-corrected chi connectivity index (χ2v) is 4.54. The van der Waals surface area contributed by atoms with Gasteiger partial charge >= 0.3 is 9.28 Å². The van der Waals surface area contributed by atoms with Gasteiger partial charge in [-0.2, -0.15) is 0 Å². The van der Waals surface area contributed by atoms with Crippen molar-refractivity contribution in [1.29, 1.82) is 0 Å². The highest BCUT2D eigenvalue weighted by Gasteiger charge is 2.14. The molecule has 0 atom stereocenters. The van der Waals surface area contributed by atoms with Crippen LogP contribution in [0.4, 0.5) is 0 Å². The van der Waals surface area contributed by atoms with Crippen molar-refractivity contribution < 1.29 is 8.85 Å². The van der Waals surface area contributed by atoms with E-state index in [9.17, 15) is 0 Å². The molecule has 0 rings (SSSR count). The van der Waals surface area contributed by atoms with Crippen LogP contribution in [0.2, 0.25) is 0 Å². The summed E-state index contributed by atoms with van der Waals surface area (Å²) in [6.45, 7) is 12.9. The summed E-state index contributed by atoms with van der Waals surface area (Å²) >= 11 is 0. The van der Waals surface area contributed by atoms with Crippen LogP contribution >= 0.6 is 0 Å². The van der Waals surface area contributed by atoms with Crippen molar-refractivity contribution >= 4 is 9.28 Å². The van der Waals surface area contributed by atoms with Crippen LogP contribution in [0.3, 0.4) is 0 Å². The molecule has 0 aromatic rings. The van der Waals surface area contributed by atoms with Crippen LogP contribution in [0.25, 0.3) is 0 Å². The van der Waals surface area contributed by atoms with Gasteiger partial charge in [-0.1, -0.05) is 12.7 Å². The second kappa shape index (κ2) is 7.28. The summed E-state index contributed by atoms with van der Waals surface area (Å²) in [7, 11) is -1.61. The third kappa shape index (κ3) is 4.49. The quantitative estimate of drug-likeness (QED) is 0.447. The maximum absolute atomic E-state index is 5.47. The summed E-state index contributed by atoms with van der Waals surface area (Å²) in [5.41, 5.74) is 0. The van der Waals surface area contributed by atoms with Crippen LogP contribution in [-0.4, -0.2) is 22.5 Å². The zero-order valence-electron chi connectivity index (χ0n) is 8.01. The van der Waals surface area contributed by atoms with Gasteiger partial charge in [0.25, 0.3) is 0 Å². The highest BCUT2D eigenvalue weighted by molar-refractivity contribution is 6.53. The Hall–Kier alpha value is -0.383. The lowest BCUT2D eigenvalue weighted by atomic mass is 10.4. The van der Waals surface area contributed by atoms with E-state index in [1.54, 1.807) is 0 Å². The molecule has 0 unspecified atom stereocenters. The summed E-state index contributed by atoms with van der Waals surface area (Å²) in [4.78, 5) is 0. The molecule has 0 aromatic carbocycles. The number of allylic oxidation sites excluding steroid dienone is 2. The maximum Gasteiger partial charge on any atom is 0.351 e. The van der Waals surface area contributed by atoms with Gasteiger partial charge in [0.15, 0.2) is 0 Å². The Labute approximate surface area is 76.7 Å². The average Bonchev–Trinajstić information content (AvgIpc) is 2.04. The van der Waals surface area contributed by atoms with E-state index in [-0.39, 0.29) is 0 Å². The monoisotopic (exact) mass is 186 g/mol. The number of hydrogen-bond donors (Lipinski definition) is 0. The molecule has 0 spiro atoms. The van der Waals surface area contributed by atoms with Gasteiger partial charge in [0, 0.05) is 13.2 Å². The molecule has 0 N–H and O–H groups in total. The zero-order chi connectivity index (χ0) is 9.40. The second-order valence-electron chi connectivity index (χ2n) is 2.39. The lowest BCUT2D eigenvalue weighted by Gasteiger charge is -2.15. The van der Waals surface area contributed by atoms with E-state index in [1.165, 1.54) is 0 Å². The molecule has 0 amide bonds. The largest absolute Gasteiger partial charge is 0.394 e. The Morgan fingerprint density at radius 1 is 1.33 bits per heavy atom. The predicted octanol–water partition coefficient (Wildman–Crippen LogP) is 1.95. The standard InChI is InChI=1S/C9H18O2Si/c1-5-8-9(4)12(10-6-2)11-7-3/h5,12H,1,4,6-8H2,2-3H3. The molecule has 0 saturated heterocycles. The van der Waals surface area contributed by atoms with Gasteiger partial charge < -0.3 is 8.85 Å². The Morgan fingerprint density at radius 3 is 2.17 bits per heavy atom. The van der Waals surface area contributed by atoms with Gasteiger partial charge in [0.1, 0.15) is 0 Å². The van der Waals surface area contributed by atoms with Crippen molar-refractivity contribution in [3.8, 4) is 0 Å². The van der Waals surface area contributed by atoms with Gasteiger partial charge in [-0.3, -0.25) is 0 Å². The van der Waals surface area contributed by atoms with Crippen molar-refractivity contribution in [2.75, 3.05) is 13.2 Å². The fourth-order valence-electron chi connectivity index (χ4n) is 0.868. The van der Waals surface area contributed by atoms with E-state index < -0.39 is 9.28 Å². The minimum atomic E-state index is -1.61. The lowest BCUT2D eigenvalue weighted by Crippen LogP contribution is -2.25. The molecule has 0 aliphatic rings. The average molecular weight is 186 g/mol. The van der Waals surface area contributed by atoms with E-state index in [0.29, 0.717) is 13.2 Å². The Balaban J connectivity index is 3.89. The molecule has 0 bridgehead atoms. The first-order valence-corrected chi connectivity index (χ1v) is 5.80. The van der Waals surface area contributed by atoms with Crippen molar-refractivity contribution in [1.82, 2.24) is 0 Å². The minimum Gasteiger partial charge on any atom is -0.394 e. The zero-order valence-corrected chi connectivity index (χ0v) is 9.16. The van der Waals surface area contributed by atoms with E-state index >= 15 is 0 Å². The first-order chi connectivity index (χ1) is 5.76. The number of rotatable bonds is 7. The smallest absolute Gasteiger partial charge is 0.351 e. The SMILES string of the molecule is C=CCC(=C)[SiH](OCC)OCC. The topological polar surface area (TPSA) is 18.5 Å². The molecule has 0 heterocycles. The fraction of sp³-hybridized carbons (Fsp3) is 0.556. The van der Waals surface area contributed by atoms with Crippen molar-refractivity contribution in [3.63, 3.8) is 0 Å². The molecule has 0 radical (unpaired) electrons. The molecule has 70 valence electrons. The molecule has 2 nitrogen and oxygen atoms in total. The van der Waals surface area contributed by atoms with Gasteiger partial charge in [0.2, 0.25) is 0 Å². The summed E-state index contributed by atoms with van der Waals surface area (Å²) in [5, 5.41) is 1.06. The van der Waals surface area contributed by atoms with Gasteiger partial charge in [-0.05, 0) is 25.5 Å². The molecule has 3 heteroatoms. The van der Waals surface area contributed by atoms with E-state index in [2.05, 4.69) is 13.2 Å². The van der Waals surface area contributed by atoms with E-state index in [1.807, 2.05) is 19.9 Å². The molecular formula is C9H18O2Si. The Morgan fingerprint density at radius 2 is 1.83 bits per heavy atom. The first kappa shape index (κ1) is 11.6. The highest BCUT2D eigenvalue weighted by Crippen LogP contribution is 2.06.